The van der Waals surface area contributed by atoms with E-state index in [1.54, 1.807) is 4.57 Å². The molecule has 2 aromatic rings. The van der Waals surface area contributed by atoms with Gasteiger partial charge in [0.25, 0.3) is 5.56 Å². The number of carbonyl (C=O) groups is 2. The summed E-state index contributed by atoms with van der Waals surface area (Å²) >= 11 is 2.65. The minimum absolute atomic E-state index is 0.0749. The molecule has 0 aliphatic heterocycles. The highest BCUT2D eigenvalue weighted by Gasteiger charge is 2.27. The van der Waals surface area contributed by atoms with E-state index in [0.717, 1.165) is 10.4 Å². The molecule has 1 atom stereocenters. The van der Waals surface area contributed by atoms with Crippen molar-refractivity contribution >= 4 is 45.3 Å². The van der Waals surface area contributed by atoms with Crippen molar-refractivity contribution in [3.05, 3.63) is 20.8 Å². The summed E-state index contributed by atoms with van der Waals surface area (Å²) in [6.07, 6.45) is 0. The van der Waals surface area contributed by atoms with Crippen molar-refractivity contribution in [2.45, 2.75) is 51.6 Å². The van der Waals surface area contributed by atoms with Crippen LogP contribution in [0.15, 0.2) is 9.95 Å². The van der Waals surface area contributed by atoms with Crippen LogP contribution in [0.2, 0.25) is 0 Å². The number of thioether (sulfide) groups is 1. The highest BCUT2D eigenvalue weighted by molar-refractivity contribution is 8.00. The summed E-state index contributed by atoms with van der Waals surface area (Å²) in [5.74, 6) is -0.558. The molecule has 0 aliphatic carbocycles. The van der Waals surface area contributed by atoms with E-state index >= 15 is 0 Å². The zero-order chi connectivity index (χ0) is 18.9. The van der Waals surface area contributed by atoms with Crippen LogP contribution >= 0.6 is 23.1 Å². The normalized spacial score (nSPS) is 12.6. The Morgan fingerprint density at radius 2 is 2.00 bits per heavy atom. The largest absolute Gasteiger partial charge is 0.351 e. The fraction of sp³-hybridized carbons (Fsp3) is 0.500. The van der Waals surface area contributed by atoms with E-state index < -0.39 is 17.2 Å². The average molecular weight is 383 g/mol. The summed E-state index contributed by atoms with van der Waals surface area (Å²) in [7, 11) is 0. The number of carbonyl (C=O) groups excluding carboxylic acids is 2. The first-order chi connectivity index (χ1) is 11.7. The van der Waals surface area contributed by atoms with E-state index in [0.29, 0.717) is 21.9 Å². The Morgan fingerprint density at radius 3 is 2.52 bits per heavy atom. The zero-order valence-corrected chi connectivity index (χ0v) is 16.5. The molecule has 0 saturated carbocycles. The third kappa shape index (κ3) is 3.87. The first-order valence-electron chi connectivity index (χ1n) is 7.94. The third-order valence-electron chi connectivity index (χ3n) is 3.91. The highest BCUT2D eigenvalue weighted by atomic mass is 32.2. The first-order valence-corrected chi connectivity index (χ1v) is 9.64. The van der Waals surface area contributed by atoms with Crippen molar-refractivity contribution in [2.75, 3.05) is 0 Å². The number of amides is 3. The second-order valence-electron chi connectivity index (χ2n) is 6.04. The minimum Gasteiger partial charge on any atom is -0.351 e. The van der Waals surface area contributed by atoms with Crippen molar-refractivity contribution in [3.8, 4) is 0 Å². The molecule has 25 heavy (non-hydrogen) atoms. The Morgan fingerprint density at radius 1 is 1.36 bits per heavy atom. The number of hydrogen-bond acceptors (Lipinski definition) is 6. The molecule has 136 valence electrons. The Bertz CT molecular complexity index is 886. The van der Waals surface area contributed by atoms with Gasteiger partial charge in [-0.15, -0.1) is 11.3 Å². The van der Waals surface area contributed by atoms with Crippen molar-refractivity contribution in [1.29, 1.82) is 0 Å². The van der Waals surface area contributed by atoms with Crippen LogP contribution in [-0.2, 0) is 11.3 Å². The number of urea groups is 1. The Hall–Kier alpha value is -1.87. The molecule has 2 aromatic heterocycles. The smallest absolute Gasteiger partial charge is 0.318 e. The van der Waals surface area contributed by atoms with Crippen LogP contribution in [0, 0.1) is 19.8 Å². The number of thiophene rings is 1. The lowest BCUT2D eigenvalue weighted by atomic mass is 10.1. The number of nitrogens with one attached hydrogen (secondary N) is 1. The molecule has 0 unspecified atom stereocenters. The number of rotatable bonds is 5. The SMILES string of the molecule is CCn1c(S[C@H](C(=O)NC(N)=O)C(C)C)nc2sc(C)c(C)c2c1=O. The zero-order valence-electron chi connectivity index (χ0n) is 14.9. The van der Waals surface area contributed by atoms with E-state index in [4.69, 9.17) is 5.73 Å². The predicted molar refractivity (Wildman–Crippen MR) is 101 cm³/mol. The molecule has 0 spiro atoms. The molecular weight excluding hydrogens is 360 g/mol. The van der Waals surface area contributed by atoms with Crippen molar-refractivity contribution < 1.29 is 9.59 Å². The fourth-order valence-electron chi connectivity index (χ4n) is 2.48. The lowest BCUT2D eigenvalue weighted by molar-refractivity contribution is -0.120. The van der Waals surface area contributed by atoms with Gasteiger partial charge in [0.15, 0.2) is 5.16 Å². The first kappa shape index (κ1) is 19.5. The highest BCUT2D eigenvalue weighted by Crippen LogP contribution is 2.31. The van der Waals surface area contributed by atoms with Gasteiger partial charge in [-0.25, -0.2) is 9.78 Å². The van der Waals surface area contributed by atoms with Gasteiger partial charge in [0.1, 0.15) is 4.83 Å². The summed E-state index contributed by atoms with van der Waals surface area (Å²) in [5, 5.41) is 2.63. The molecule has 0 bridgehead atoms. The van der Waals surface area contributed by atoms with Crippen LogP contribution in [0.1, 0.15) is 31.2 Å². The van der Waals surface area contributed by atoms with Gasteiger partial charge in [0, 0.05) is 11.4 Å². The Kier molecular flexibility index (Phi) is 5.89. The Balaban J connectivity index is 2.53. The van der Waals surface area contributed by atoms with Gasteiger partial charge in [-0.1, -0.05) is 25.6 Å². The number of aromatic nitrogens is 2. The van der Waals surface area contributed by atoms with Crippen molar-refractivity contribution in [2.24, 2.45) is 11.7 Å². The molecule has 3 amide bonds. The number of primary amides is 1. The molecule has 0 radical (unpaired) electrons. The number of hydrogen-bond donors (Lipinski definition) is 2. The number of fused-ring (bicyclic) bond motifs is 1. The minimum atomic E-state index is -0.892. The van der Waals surface area contributed by atoms with Crippen molar-refractivity contribution in [3.63, 3.8) is 0 Å². The van der Waals surface area contributed by atoms with E-state index in [1.165, 1.54) is 23.1 Å². The predicted octanol–water partition coefficient (Wildman–Crippen LogP) is 2.41. The van der Waals surface area contributed by atoms with Crippen molar-refractivity contribution in [1.82, 2.24) is 14.9 Å². The number of aryl methyl sites for hydroxylation is 2. The molecule has 2 heterocycles. The molecule has 2 rings (SSSR count). The van der Waals surface area contributed by atoms with Crippen LogP contribution in [0.3, 0.4) is 0 Å². The molecular formula is C16H22N4O3S2. The number of nitrogens with zero attached hydrogens (tertiary/aromatic N) is 2. The van der Waals surface area contributed by atoms with Gasteiger partial charge in [0.05, 0.1) is 10.6 Å². The molecule has 0 aromatic carbocycles. The van der Waals surface area contributed by atoms with Gasteiger partial charge >= 0.3 is 6.03 Å². The van der Waals surface area contributed by atoms with Crippen LogP contribution in [0.5, 0.6) is 0 Å². The maximum Gasteiger partial charge on any atom is 0.318 e. The van der Waals surface area contributed by atoms with Crippen LogP contribution in [0.4, 0.5) is 4.79 Å². The second kappa shape index (κ2) is 7.57. The summed E-state index contributed by atoms with van der Waals surface area (Å²) in [5.41, 5.74) is 5.89. The van der Waals surface area contributed by atoms with E-state index in [1.807, 2.05) is 34.6 Å². The maximum atomic E-state index is 12.9. The van der Waals surface area contributed by atoms with Crippen LogP contribution in [-0.4, -0.2) is 26.7 Å². The molecule has 0 saturated heterocycles. The van der Waals surface area contributed by atoms with Gasteiger partial charge < -0.3 is 5.73 Å². The van der Waals surface area contributed by atoms with Gasteiger partial charge in [-0.3, -0.25) is 19.5 Å². The average Bonchev–Trinajstić information content (AvgIpc) is 2.78. The molecule has 9 heteroatoms. The summed E-state index contributed by atoms with van der Waals surface area (Å²) < 4.78 is 1.57. The standard InChI is InChI=1S/C16H22N4O3S2/c1-6-20-14(22)10-8(4)9(5)24-13(10)19-16(20)25-11(7(2)3)12(21)18-15(17)23/h7,11H,6H2,1-5H3,(H3,17,18,21,23)/t11-/m0/s1. The quantitative estimate of drug-likeness (QED) is 0.610. The van der Waals surface area contributed by atoms with Gasteiger partial charge in [-0.2, -0.15) is 0 Å². The summed E-state index contributed by atoms with van der Waals surface area (Å²) in [6, 6.07) is -0.892. The number of imide groups is 1. The van der Waals surface area contributed by atoms with E-state index in [2.05, 4.69) is 10.3 Å². The lowest BCUT2D eigenvalue weighted by Crippen LogP contribution is -2.42. The second-order valence-corrected chi connectivity index (χ2v) is 8.36. The van der Waals surface area contributed by atoms with Crippen LogP contribution < -0.4 is 16.6 Å². The number of nitrogens with two attached hydrogens (primary N) is 1. The summed E-state index contributed by atoms with van der Waals surface area (Å²) in [6.45, 7) is 9.92. The molecule has 0 fully saturated rings. The molecule has 7 nitrogen and oxygen atoms in total. The maximum absolute atomic E-state index is 12.9. The molecule has 0 aliphatic rings. The third-order valence-corrected chi connectivity index (χ3v) is 6.55. The molecule has 3 N–H and O–H groups in total. The summed E-state index contributed by atoms with van der Waals surface area (Å²) in [4.78, 5) is 42.5. The monoisotopic (exact) mass is 382 g/mol. The Labute approximate surface area is 154 Å². The van der Waals surface area contributed by atoms with Gasteiger partial charge in [-0.05, 0) is 32.3 Å². The van der Waals surface area contributed by atoms with Gasteiger partial charge in [0.2, 0.25) is 5.91 Å². The lowest BCUT2D eigenvalue weighted by Gasteiger charge is -2.20. The van der Waals surface area contributed by atoms with Crippen LogP contribution in [0.25, 0.3) is 10.2 Å². The van der Waals surface area contributed by atoms with E-state index in [-0.39, 0.29) is 11.5 Å². The fourth-order valence-corrected chi connectivity index (χ4v) is 4.70. The van der Waals surface area contributed by atoms with E-state index in [9.17, 15) is 14.4 Å². The topological polar surface area (TPSA) is 107 Å².